The van der Waals surface area contributed by atoms with Crippen LogP contribution in [0.3, 0.4) is 0 Å². The van der Waals surface area contributed by atoms with Gasteiger partial charge in [0.2, 0.25) is 5.97 Å². The van der Waals surface area contributed by atoms with Crippen LogP contribution < -0.4 is 5.32 Å². The first-order valence-electron chi connectivity index (χ1n) is 10.6. The van der Waals surface area contributed by atoms with E-state index in [9.17, 15) is 18.4 Å². The van der Waals surface area contributed by atoms with Crippen LogP contribution in [0, 0.1) is 23.7 Å². The molecule has 0 aliphatic heterocycles. The van der Waals surface area contributed by atoms with Crippen molar-refractivity contribution in [3.63, 3.8) is 0 Å². The van der Waals surface area contributed by atoms with Crippen molar-refractivity contribution in [1.82, 2.24) is 5.32 Å². The smallest absolute Gasteiger partial charge is 0.483 e. The second-order valence-electron chi connectivity index (χ2n) is 10.1. The van der Waals surface area contributed by atoms with Gasteiger partial charge >= 0.3 is 25.9 Å². The molecule has 8 heteroatoms. The molecule has 5 nitrogen and oxygen atoms in total. The Labute approximate surface area is 184 Å². The molecule has 29 heavy (non-hydrogen) atoms. The Morgan fingerprint density at radius 3 is 2.28 bits per heavy atom. The number of esters is 1. The Kier molecular flexibility index (Phi) is 6.54. The van der Waals surface area contributed by atoms with E-state index >= 15 is 0 Å². The van der Waals surface area contributed by atoms with E-state index in [1.54, 1.807) is 0 Å². The largest absolute Gasteiger partial charge is 1.00 e. The fourth-order valence-electron chi connectivity index (χ4n) is 6.91. The van der Waals surface area contributed by atoms with Gasteiger partial charge in [-0.25, -0.2) is 4.79 Å². The molecule has 5 aliphatic carbocycles. The first-order valence-corrected chi connectivity index (χ1v) is 10.6. The van der Waals surface area contributed by atoms with Gasteiger partial charge in [-0.05, 0) is 83.0 Å². The Morgan fingerprint density at radius 2 is 1.69 bits per heavy atom. The third-order valence-electron chi connectivity index (χ3n) is 7.46. The molecule has 165 valence electrons. The third kappa shape index (κ3) is 4.89. The maximum atomic E-state index is 12.7. The number of nitrogens with one attached hydrogen (secondary N) is 1. The molecule has 2 atom stereocenters. The summed E-state index contributed by atoms with van der Waals surface area (Å²) >= 11 is 0. The van der Waals surface area contributed by atoms with Gasteiger partial charge in [0.05, 0.1) is 6.61 Å². The van der Waals surface area contributed by atoms with Gasteiger partial charge in [-0.3, -0.25) is 4.79 Å². The zero-order valence-electron chi connectivity index (χ0n) is 16.9. The van der Waals surface area contributed by atoms with Crippen LogP contribution in [0.4, 0.5) is 13.6 Å². The van der Waals surface area contributed by atoms with Crippen LogP contribution in [0.25, 0.3) is 0 Å². The SMILES string of the molecule is CC1(OC(=O)NC23CC4CC(CC(COC(=O)[C-](F)F)(C4)C2)C3)CCCCC1.[Os+]. The molecule has 0 saturated heterocycles. The van der Waals surface area contributed by atoms with Crippen LogP contribution in [0.5, 0.6) is 0 Å². The van der Waals surface area contributed by atoms with Crippen molar-refractivity contribution in [3.05, 3.63) is 6.43 Å². The van der Waals surface area contributed by atoms with Gasteiger partial charge in [-0.1, -0.05) is 6.42 Å². The molecule has 0 spiro atoms. The Bertz CT molecular complexity index is 624. The van der Waals surface area contributed by atoms with Gasteiger partial charge in [0.15, 0.2) is 0 Å². The predicted molar refractivity (Wildman–Crippen MR) is 97.4 cm³/mol. The second-order valence-corrected chi connectivity index (χ2v) is 10.1. The van der Waals surface area contributed by atoms with E-state index < -0.39 is 18.0 Å². The summed E-state index contributed by atoms with van der Waals surface area (Å²) in [4.78, 5) is 24.0. The number of carbonyl (C=O) groups is 2. The number of hydrogen-bond acceptors (Lipinski definition) is 4. The number of carbonyl (C=O) groups excluding carboxylic acids is 2. The van der Waals surface area contributed by atoms with E-state index in [4.69, 9.17) is 9.47 Å². The molecule has 1 N–H and O–H groups in total. The first-order chi connectivity index (χ1) is 13.2. The van der Waals surface area contributed by atoms with Gasteiger partial charge in [-0.2, -0.15) is 0 Å². The van der Waals surface area contributed by atoms with Gasteiger partial charge in [0, 0.05) is 17.4 Å². The number of ether oxygens (including phenoxy) is 2. The van der Waals surface area contributed by atoms with Crippen molar-refractivity contribution in [2.75, 3.05) is 6.61 Å². The fourth-order valence-corrected chi connectivity index (χ4v) is 6.91. The van der Waals surface area contributed by atoms with E-state index in [-0.39, 0.29) is 43.4 Å². The summed E-state index contributed by atoms with van der Waals surface area (Å²) in [5.74, 6) is -0.656. The Hall–Kier alpha value is -0.894. The maximum absolute atomic E-state index is 12.7. The average molecular weight is 589 g/mol. The molecular formula is C21H30F2NO4Os. The second kappa shape index (κ2) is 8.33. The van der Waals surface area contributed by atoms with Crippen molar-refractivity contribution in [1.29, 1.82) is 0 Å². The first kappa shape index (κ1) is 22.8. The fraction of sp³-hybridized carbons (Fsp3) is 0.857. The summed E-state index contributed by atoms with van der Waals surface area (Å²) in [7, 11) is 0. The molecule has 5 saturated carbocycles. The molecular weight excluding hydrogens is 558 g/mol. The predicted octanol–water partition coefficient (Wildman–Crippen LogP) is 4.74. The number of alkyl carbamates (subject to hydrolysis) is 1. The summed E-state index contributed by atoms with van der Waals surface area (Å²) < 4.78 is 35.7. The van der Waals surface area contributed by atoms with Crippen molar-refractivity contribution in [2.24, 2.45) is 17.3 Å². The van der Waals surface area contributed by atoms with E-state index in [0.717, 1.165) is 57.8 Å². The molecule has 1 radical (unpaired) electrons. The molecule has 5 fully saturated rings. The van der Waals surface area contributed by atoms with Crippen LogP contribution in [0.2, 0.25) is 0 Å². The van der Waals surface area contributed by atoms with E-state index in [2.05, 4.69) is 5.32 Å². The standard InChI is InChI=1S/C21H30F2NO4.Os/c1-19(5-3-2-4-6-19)28-18(26)24-21-10-14-7-15(11-21)9-20(8-14,12-21)13-27-17(25)16(22)23;/h14-15H,2-13H2,1H3,(H,24,26);/q-1;+1. The zero-order chi connectivity index (χ0) is 20.0. The molecule has 4 bridgehead atoms. The molecule has 5 aliphatic rings. The van der Waals surface area contributed by atoms with Crippen molar-refractivity contribution >= 4 is 12.1 Å². The molecule has 0 heterocycles. The molecule has 0 aromatic rings. The monoisotopic (exact) mass is 590 g/mol. The summed E-state index contributed by atoms with van der Waals surface area (Å²) in [5, 5.41) is 3.18. The number of halogens is 2. The molecule has 0 aromatic heterocycles. The summed E-state index contributed by atoms with van der Waals surface area (Å²) in [6, 6.07) is 0. The molecule has 1 amide bonds. The van der Waals surface area contributed by atoms with E-state index in [0.29, 0.717) is 18.3 Å². The molecule has 2 unspecified atom stereocenters. The quantitative estimate of drug-likeness (QED) is 0.372. The van der Waals surface area contributed by atoms with Gasteiger partial charge in [0.1, 0.15) is 5.60 Å². The third-order valence-corrected chi connectivity index (χ3v) is 7.46. The number of hydrogen-bond donors (Lipinski definition) is 1. The van der Waals surface area contributed by atoms with Crippen LogP contribution in [0.15, 0.2) is 0 Å². The van der Waals surface area contributed by atoms with E-state index in [1.807, 2.05) is 6.92 Å². The zero-order valence-corrected chi connectivity index (χ0v) is 19.4. The maximum Gasteiger partial charge on any atom is 1.00 e. The van der Waals surface area contributed by atoms with Crippen molar-refractivity contribution in [2.45, 2.75) is 88.7 Å². The molecule has 5 rings (SSSR count). The van der Waals surface area contributed by atoms with Crippen LogP contribution in [-0.4, -0.2) is 29.8 Å². The number of rotatable bonds is 5. The van der Waals surface area contributed by atoms with Crippen LogP contribution in [-0.2, 0) is 34.1 Å². The Morgan fingerprint density at radius 1 is 1.07 bits per heavy atom. The molecule has 0 aromatic carbocycles. The minimum absolute atomic E-state index is 0. The van der Waals surface area contributed by atoms with Crippen molar-refractivity contribution in [3.8, 4) is 0 Å². The van der Waals surface area contributed by atoms with Gasteiger partial charge in [-0.15, -0.1) is 0 Å². The minimum atomic E-state index is -2.30. The van der Waals surface area contributed by atoms with Crippen LogP contribution in [0.1, 0.15) is 77.6 Å². The van der Waals surface area contributed by atoms with Gasteiger partial charge < -0.3 is 23.6 Å². The summed E-state index contributed by atoms with van der Waals surface area (Å²) in [6.45, 7) is 2.01. The van der Waals surface area contributed by atoms with E-state index in [1.165, 1.54) is 6.42 Å². The number of amides is 1. The summed E-state index contributed by atoms with van der Waals surface area (Å²) in [6.07, 6.45) is 7.79. The minimum Gasteiger partial charge on any atom is -0.483 e. The van der Waals surface area contributed by atoms with Crippen molar-refractivity contribution < 1.29 is 47.6 Å². The topological polar surface area (TPSA) is 64.6 Å². The normalized spacial score (nSPS) is 36.7. The average Bonchev–Trinajstić information content (AvgIpc) is 2.57. The summed E-state index contributed by atoms with van der Waals surface area (Å²) in [5.41, 5.74) is -1.07. The Balaban J connectivity index is 0.00000240. The van der Waals surface area contributed by atoms with Gasteiger partial charge in [0.25, 0.3) is 0 Å². The van der Waals surface area contributed by atoms with Crippen LogP contribution >= 0.6 is 0 Å².